The summed E-state index contributed by atoms with van der Waals surface area (Å²) in [5.74, 6) is 0.994. The quantitative estimate of drug-likeness (QED) is 0.756. The van der Waals surface area contributed by atoms with Crippen LogP contribution in [-0.2, 0) is 24.2 Å². The Morgan fingerprint density at radius 3 is 2.89 bits per heavy atom. The van der Waals surface area contributed by atoms with E-state index >= 15 is 0 Å². The third-order valence-electron chi connectivity index (χ3n) is 4.91. The molecule has 0 spiro atoms. The van der Waals surface area contributed by atoms with Crippen LogP contribution in [0.15, 0.2) is 47.3 Å². The number of likely N-dealkylation sites (N-methyl/N-ethyl adjacent to an activating group) is 1. The van der Waals surface area contributed by atoms with Gasteiger partial charge in [-0.15, -0.1) is 0 Å². The largest absolute Gasteiger partial charge is 0.484 e. The summed E-state index contributed by atoms with van der Waals surface area (Å²) >= 11 is 0. The van der Waals surface area contributed by atoms with Crippen molar-refractivity contribution in [2.45, 2.75) is 25.8 Å². The number of aryl methyl sites for hydroxylation is 2. The number of ether oxygens (including phenoxy) is 1. The van der Waals surface area contributed by atoms with E-state index in [9.17, 15) is 9.59 Å². The van der Waals surface area contributed by atoms with Gasteiger partial charge < -0.3 is 14.6 Å². The van der Waals surface area contributed by atoms with Gasteiger partial charge in [-0.1, -0.05) is 18.2 Å². The summed E-state index contributed by atoms with van der Waals surface area (Å²) in [5.41, 5.74) is 3.10. The summed E-state index contributed by atoms with van der Waals surface area (Å²) in [6.07, 6.45) is 3.37. The molecule has 0 saturated carbocycles. The Bertz CT molecular complexity index is 1060. The second-order valence-corrected chi connectivity index (χ2v) is 6.85. The summed E-state index contributed by atoms with van der Waals surface area (Å²) in [6.45, 7) is 0.166. The lowest BCUT2D eigenvalue weighted by Crippen LogP contribution is -2.32. The molecule has 1 heterocycles. The number of rotatable bonds is 5. The van der Waals surface area contributed by atoms with E-state index < -0.39 is 0 Å². The van der Waals surface area contributed by atoms with Crippen molar-refractivity contribution < 1.29 is 9.53 Å². The van der Waals surface area contributed by atoms with Crippen molar-refractivity contribution in [1.82, 2.24) is 14.9 Å². The van der Waals surface area contributed by atoms with Crippen molar-refractivity contribution in [1.29, 1.82) is 0 Å². The number of aromatic amines is 1. The maximum atomic E-state index is 12.4. The molecule has 138 valence electrons. The lowest BCUT2D eigenvalue weighted by atomic mass is 10.1. The molecule has 0 radical (unpaired) electrons. The van der Waals surface area contributed by atoms with Gasteiger partial charge in [0.1, 0.15) is 11.6 Å². The summed E-state index contributed by atoms with van der Waals surface area (Å²) in [7, 11) is 1.67. The van der Waals surface area contributed by atoms with Crippen LogP contribution in [0.2, 0.25) is 0 Å². The van der Waals surface area contributed by atoms with E-state index in [1.54, 1.807) is 25.2 Å². The molecular formula is C21H21N3O3. The van der Waals surface area contributed by atoms with Crippen LogP contribution in [-0.4, -0.2) is 34.4 Å². The molecule has 27 heavy (non-hydrogen) atoms. The van der Waals surface area contributed by atoms with E-state index in [4.69, 9.17) is 4.74 Å². The Morgan fingerprint density at radius 1 is 1.19 bits per heavy atom. The minimum Gasteiger partial charge on any atom is -0.484 e. The highest BCUT2D eigenvalue weighted by molar-refractivity contribution is 5.78. The van der Waals surface area contributed by atoms with Crippen molar-refractivity contribution in [3.63, 3.8) is 0 Å². The molecule has 1 aliphatic carbocycles. The van der Waals surface area contributed by atoms with Crippen molar-refractivity contribution >= 4 is 16.8 Å². The maximum absolute atomic E-state index is 12.4. The number of hydrogen-bond acceptors (Lipinski definition) is 4. The lowest BCUT2D eigenvalue weighted by molar-refractivity contribution is -0.132. The van der Waals surface area contributed by atoms with Crippen molar-refractivity contribution in [2.75, 3.05) is 13.7 Å². The number of carbonyl (C=O) groups excluding carboxylic acids is 1. The molecule has 1 aromatic heterocycles. The molecule has 2 aromatic carbocycles. The van der Waals surface area contributed by atoms with Crippen LogP contribution in [0.25, 0.3) is 10.9 Å². The highest BCUT2D eigenvalue weighted by Crippen LogP contribution is 2.26. The SMILES string of the molecule is CN(Cc1nc2ccccc2c(=O)[nH]1)C(=O)COc1ccc2c(c1)CCC2. The number of H-pyrrole nitrogens is 1. The maximum Gasteiger partial charge on any atom is 0.260 e. The predicted molar refractivity (Wildman–Crippen MR) is 103 cm³/mol. The highest BCUT2D eigenvalue weighted by Gasteiger charge is 2.14. The van der Waals surface area contributed by atoms with Gasteiger partial charge >= 0.3 is 0 Å². The first-order chi connectivity index (χ1) is 13.1. The van der Waals surface area contributed by atoms with E-state index in [1.807, 2.05) is 18.2 Å². The fourth-order valence-corrected chi connectivity index (χ4v) is 3.42. The second kappa shape index (κ2) is 7.23. The minimum atomic E-state index is -0.203. The third-order valence-corrected chi connectivity index (χ3v) is 4.91. The predicted octanol–water partition coefficient (Wildman–Crippen LogP) is 2.45. The van der Waals surface area contributed by atoms with Crippen LogP contribution in [0.5, 0.6) is 5.75 Å². The van der Waals surface area contributed by atoms with E-state index in [-0.39, 0.29) is 24.6 Å². The number of aromatic nitrogens is 2. The molecule has 6 nitrogen and oxygen atoms in total. The van der Waals surface area contributed by atoms with Crippen LogP contribution in [0.3, 0.4) is 0 Å². The van der Waals surface area contributed by atoms with Gasteiger partial charge in [-0.05, 0) is 54.7 Å². The van der Waals surface area contributed by atoms with Crippen molar-refractivity contribution in [2.24, 2.45) is 0 Å². The molecule has 1 amide bonds. The Kier molecular flexibility index (Phi) is 4.62. The molecule has 0 atom stereocenters. The van der Waals surface area contributed by atoms with Crippen molar-refractivity contribution in [3.8, 4) is 5.75 Å². The normalized spacial score (nSPS) is 12.8. The minimum absolute atomic E-state index is 0.0485. The first kappa shape index (κ1) is 17.3. The summed E-state index contributed by atoms with van der Waals surface area (Å²) in [5, 5.41) is 0.537. The molecule has 0 bridgehead atoms. The zero-order valence-corrected chi connectivity index (χ0v) is 15.2. The van der Waals surface area contributed by atoms with Crippen LogP contribution in [0.4, 0.5) is 0 Å². The first-order valence-corrected chi connectivity index (χ1v) is 9.06. The van der Waals surface area contributed by atoms with Crippen LogP contribution < -0.4 is 10.3 Å². The van der Waals surface area contributed by atoms with Gasteiger partial charge in [-0.2, -0.15) is 0 Å². The molecule has 0 aliphatic heterocycles. The van der Waals surface area contributed by atoms with Gasteiger partial charge in [0, 0.05) is 7.05 Å². The van der Waals surface area contributed by atoms with E-state index in [0.717, 1.165) is 18.6 Å². The molecule has 1 N–H and O–H groups in total. The standard InChI is InChI=1S/C21H21N3O3/c1-24(12-19-22-18-8-3-2-7-17(18)21(26)23-19)20(25)13-27-16-10-9-14-5-4-6-15(14)11-16/h2-3,7-11H,4-6,12-13H2,1H3,(H,22,23,26). The average molecular weight is 363 g/mol. The lowest BCUT2D eigenvalue weighted by Gasteiger charge is -2.17. The number of benzene rings is 2. The van der Waals surface area contributed by atoms with Gasteiger partial charge in [0.2, 0.25) is 0 Å². The topological polar surface area (TPSA) is 75.3 Å². The van der Waals surface area contributed by atoms with Crippen LogP contribution in [0.1, 0.15) is 23.4 Å². The zero-order valence-electron chi connectivity index (χ0n) is 15.2. The van der Waals surface area contributed by atoms with Gasteiger partial charge in [-0.25, -0.2) is 4.98 Å². The van der Waals surface area contributed by atoms with Gasteiger partial charge in [0.05, 0.1) is 17.4 Å². The Hall–Kier alpha value is -3.15. The highest BCUT2D eigenvalue weighted by atomic mass is 16.5. The van der Waals surface area contributed by atoms with Crippen LogP contribution >= 0.6 is 0 Å². The summed E-state index contributed by atoms with van der Waals surface area (Å²) in [4.78, 5) is 33.2. The summed E-state index contributed by atoms with van der Waals surface area (Å²) < 4.78 is 5.66. The molecule has 3 aromatic rings. The molecule has 4 rings (SSSR count). The smallest absolute Gasteiger partial charge is 0.260 e. The molecule has 0 unspecified atom stereocenters. The third kappa shape index (κ3) is 3.69. The second-order valence-electron chi connectivity index (χ2n) is 6.85. The Balaban J connectivity index is 1.40. The molecular weight excluding hydrogens is 342 g/mol. The van der Waals surface area contributed by atoms with Crippen LogP contribution in [0, 0.1) is 0 Å². The number of nitrogens with one attached hydrogen (secondary N) is 1. The molecule has 0 fully saturated rings. The number of carbonyl (C=O) groups is 1. The fourth-order valence-electron chi connectivity index (χ4n) is 3.42. The fraction of sp³-hybridized carbons (Fsp3) is 0.286. The molecule has 0 saturated heterocycles. The number of nitrogens with zero attached hydrogens (tertiary/aromatic N) is 2. The zero-order chi connectivity index (χ0) is 18.8. The first-order valence-electron chi connectivity index (χ1n) is 9.06. The van der Waals surface area contributed by atoms with E-state index in [0.29, 0.717) is 16.7 Å². The number of amides is 1. The number of hydrogen-bond donors (Lipinski definition) is 1. The van der Waals surface area contributed by atoms with Gasteiger partial charge in [0.15, 0.2) is 6.61 Å². The Morgan fingerprint density at radius 2 is 2.00 bits per heavy atom. The molecule has 1 aliphatic rings. The average Bonchev–Trinajstić information content (AvgIpc) is 3.14. The summed E-state index contributed by atoms with van der Waals surface area (Å²) in [6, 6.07) is 13.2. The Labute approximate surface area is 156 Å². The number of para-hydroxylation sites is 1. The molecule has 6 heteroatoms. The van der Waals surface area contributed by atoms with Gasteiger partial charge in [0.25, 0.3) is 11.5 Å². The van der Waals surface area contributed by atoms with E-state index in [1.165, 1.54) is 22.4 Å². The van der Waals surface area contributed by atoms with E-state index in [2.05, 4.69) is 16.0 Å². The number of fused-ring (bicyclic) bond motifs is 2. The monoisotopic (exact) mass is 363 g/mol. The van der Waals surface area contributed by atoms with Gasteiger partial charge in [-0.3, -0.25) is 9.59 Å². The van der Waals surface area contributed by atoms with Crippen molar-refractivity contribution in [3.05, 3.63) is 69.8 Å².